The van der Waals surface area contributed by atoms with Gasteiger partial charge in [-0.15, -0.1) is 0 Å². The molecule has 0 aliphatic carbocycles. The molecule has 0 saturated carbocycles. The fraction of sp³-hybridized carbons (Fsp3) is 0.105. The van der Waals surface area contributed by atoms with Gasteiger partial charge in [0.15, 0.2) is 0 Å². The van der Waals surface area contributed by atoms with Crippen LogP contribution in [0.15, 0.2) is 54.7 Å². The van der Waals surface area contributed by atoms with Crippen LogP contribution in [-0.4, -0.2) is 15.5 Å². The molecular weight excluding hydrogens is 286 g/mol. The van der Waals surface area contributed by atoms with Crippen LogP contribution in [-0.2, 0) is 7.05 Å². The minimum Gasteiger partial charge on any atom is -0.357 e. The lowest BCUT2D eigenvalue weighted by molar-refractivity contribution is 0.102. The molecule has 0 spiro atoms. The Kier molecular flexibility index (Phi) is 2.98. The highest BCUT2D eigenvalue weighted by atomic mass is 16.1. The Labute approximate surface area is 133 Å². The van der Waals surface area contributed by atoms with E-state index >= 15 is 0 Å². The smallest absolute Gasteiger partial charge is 0.255 e. The number of aromatic amines is 1. The van der Waals surface area contributed by atoms with Crippen LogP contribution in [0.25, 0.3) is 21.8 Å². The van der Waals surface area contributed by atoms with Crippen molar-refractivity contribution >= 4 is 33.4 Å². The number of fused-ring (bicyclic) bond motifs is 2. The van der Waals surface area contributed by atoms with Gasteiger partial charge in [-0.1, -0.05) is 18.2 Å². The Bertz CT molecular complexity index is 1040. The lowest BCUT2D eigenvalue weighted by Crippen LogP contribution is -2.12. The number of rotatable bonds is 2. The molecule has 0 aliphatic heterocycles. The summed E-state index contributed by atoms with van der Waals surface area (Å²) < 4.78 is 2.02. The normalized spacial score (nSPS) is 11.2. The second kappa shape index (κ2) is 5.02. The second-order valence-electron chi connectivity index (χ2n) is 5.88. The van der Waals surface area contributed by atoms with Crippen molar-refractivity contribution in [3.63, 3.8) is 0 Å². The maximum Gasteiger partial charge on any atom is 0.255 e. The van der Waals surface area contributed by atoms with Crippen LogP contribution in [0.5, 0.6) is 0 Å². The van der Waals surface area contributed by atoms with Crippen LogP contribution in [0.4, 0.5) is 5.69 Å². The van der Waals surface area contributed by atoms with Crippen LogP contribution < -0.4 is 5.32 Å². The Hall–Kier alpha value is -3.01. The Morgan fingerprint density at radius 2 is 1.96 bits per heavy atom. The van der Waals surface area contributed by atoms with E-state index in [0.29, 0.717) is 5.56 Å². The van der Waals surface area contributed by atoms with Crippen LogP contribution in [0.1, 0.15) is 16.1 Å². The Morgan fingerprint density at radius 1 is 1.09 bits per heavy atom. The molecule has 2 aromatic carbocycles. The van der Waals surface area contributed by atoms with Gasteiger partial charge in [-0.2, -0.15) is 0 Å². The molecule has 0 aliphatic rings. The van der Waals surface area contributed by atoms with Gasteiger partial charge >= 0.3 is 0 Å². The zero-order chi connectivity index (χ0) is 16.0. The van der Waals surface area contributed by atoms with E-state index in [9.17, 15) is 4.79 Å². The minimum absolute atomic E-state index is 0.104. The van der Waals surface area contributed by atoms with Gasteiger partial charge in [-0.05, 0) is 42.6 Å². The number of hydrogen-bond acceptors (Lipinski definition) is 1. The third kappa shape index (κ3) is 2.28. The molecule has 0 radical (unpaired) electrons. The first-order chi connectivity index (χ1) is 11.1. The lowest BCUT2D eigenvalue weighted by Gasteiger charge is -2.07. The van der Waals surface area contributed by atoms with E-state index in [1.165, 1.54) is 0 Å². The molecule has 114 valence electrons. The molecule has 4 rings (SSSR count). The van der Waals surface area contributed by atoms with E-state index in [1.807, 2.05) is 67.2 Å². The maximum atomic E-state index is 12.6. The molecule has 2 heterocycles. The average Bonchev–Trinajstić information content (AvgIpc) is 3.10. The number of aryl methyl sites for hydroxylation is 2. The number of para-hydroxylation sites is 1. The lowest BCUT2D eigenvalue weighted by atomic mass is 10.1. The summed E-state index contributed by atoms with van der Waals surface area (Å²) in [5.41, 5.74) is 4.53. The first kappa shape index (κ1) is 13.6. The van der Waals surface area contributed by atoms with Crippen molar-refractivity contribution in [3.8, 4) is 0 Å². The van der Waals surface area contributed by atoms with Gasteiger partial charge in [0.05, 0.1) is 11.2 Å². The van der Waals surface area contributed by atoms with Gasteiger partial charge in [0.2, 0.25) is 0 Å². The van der Waals surface area contributed by atoms with Crippen molar-refractivity contribution in [2.75, 3.05) is 5.32 Å². The van der Waals surface area contributed by atoms with Crippen LogP contribution in [0.2, 0.25) is 0 Å². The molecule has 0 saturated heterocycles. The standard InChI is InChI=1S/C19H17N3O/c1-12-10-14-4-3-5-16(18(14)20-12)21-19(23)15-7-6-13-8-9-22(2)17(13)11-15/h3-11,20H,1-2H3,(H,21,23). The Morgan fingerprint density at radius 3 is 2.83 bits per heavy atom. The number of nitrogens with zero attached hydrogens (tertiary/aromatic N) is 1. The minimum atomic E-state index is -0.104. The van der Waals surface area contributed by atoms with Gasteiger partial charge in [0, 0.05) is 35.4 Å². The predicted octanol–water partition coefficient (Wildman–Crippen LogP) is 4.22. The number of carbonyl (C=O) groups is 1. The molecule has 1 amide bonds. The summed E-state index contributed by atoms with van der Waals surface area (Å²) in [5, 5.41) is 5.24. The van der Waals surface area contributed by atoms with Crippen LogP contribution >= 0.6 is 0 Å². The molecule has 0 atom stereocenters. The van der Waals surface area contributed by atoms with E-state index in [-0.39, 0.29) is 5.91 Å². The highest BCUT2D eigenvalue weighted by Gasteiger charge is 2.11. The number of nitrogens with one attached hydrogen (secondary N) is 2. The second-order valence-corrected chi connectivity index (χ2v) is 5.88. The third-order valence-corrected chi connectivity index (χ3v) is 4.19. The number of H-pyrrole nitrogens is 1. The first-order valence-electron chi connectivity index (χ1n) is 7.56. The molecule has 2 aromatic heterocycles. The molecule has 23 heavy (non-hydrogen) atoms. The molecular formula is C19H17N3O. The van der Waals surface area contributed by atoms with Crippen LogP contribution in [0, 0.1) is 6.92 Å². The van der Waals surface area contributed by atoms with E-state index in [4.69, 9.17) is 0 Å². The van der Waals surface area contributed by atoms with Gasteiger partial charge in [-0.25, -0.2) is 0 Å². The topological polar surface area (TPSA) is 49.8 Å². The first-order valence-corrected chi connectivity index (χ1v) is 7.56. The van der Waals surface area contributed by atoms with Gasteiger partial charge in [0.1, 0.15) is 0 Å². The zero-order valence-electron chi connectivity index (χ0n) is 13.1. The van der Waals surface area contributed by atoms with Crippen molar-refractivity contribution in [2.45, 2.75) is 6.92 Å². The highest BCUT2D eigenvalue weighted by molar-refractivity contribution is 6.09. The van der Waals surface area contributed by atoms with Gasteiger partial charge < -0.3 is 14.9 Å². The van der Waals surface area contributed by atoms with E-state index in [1.54, 1.807) is 0 Å². The molecule has 0 unspecified atom stereocenters. The number of amides is 1. The number of carbonyl (C=O) groups excluding carboxylic acids is 1. The van der Waals surface area contributed by atoms with Crippen molar-refractivity contribution in [3.05, 3.63) is 66.0 Å². The summed E-state index contributed by atoms with van der Waals surface area (Å²) in [6.45, 7) is 2.01. The number of benzene rings is 2. The Balaban J connectivity index is 1.71. The summed E-state index contributed by atoms with van der Waals surface area (Å²) in [6, 6.07) is 15.8. The number of anilines is 1. The summed E-state index contributed by atoms with van der Waals surface area (Å²) in [4.78, 5) is 15.9. The van der Waals surface area contributed by atoms with Gasteiger partial charge in [-0.3, -0.25) is 4.79 Å². The van der Waals surface area contributed by atoms with E-state index in [2.05, 4.69) is 16.4 Å². The highest BCUT2D eigenvalue weighted by Crippen LogP contribution is 2.24. The quantitative estimate of drug-likeness (QED) is 0.572. The van der Waals surface area contributed by atoms with Crippen molar-refractivity contribution in [1.29, 1.82) is 0 Å². The van der Waals surface area contributed by atoms with E-state index in [0.717, 1.165) is 33.2 Å². The summed E-state index contributed by atoms with van der Waals surface area (Å²) in [5.74, 6) is -0.104. The van der Waals surface area contributed by atoms with Gasteiger partial charge in [0.25, 0.3) is 5.91 Å². The maximum absolute atomic E-state index is 12.6. The van der Waals surface area contributed by atoms with Crippen molar-refractivity contribution in [2.24, 2.45) is 7.05 Å². The van der Waals surface area contributed by atoms with Crippen molar-refractivity contribution in [1.82, 2.24) is 9.55 Å². The fourth-order valence-electron chi connectivity index (χ4n) is 3.00. The fourth-order valence-corrected chi connectivity index (χ4v) is 3.00. The van der Waals surface area contributed by atoms with E-state index < -0.39 is 0 Å². The molecule has 0 bridgehead atoms. The van der Waals surface area contributed by atoms with Crippen molar-refractivity contribution < 1.29 is 4.79 Å². The predicted molar refractivity (Wildman–Crippen MR) is 93.9 cm³/mol. The largest absolute Gasteiger partial charge is 0.357 e. The third-order valence-electron chi connectivity index (χ3n) is 4.19. The summed E-state index contributed by atoms with van der Waals surface area (Å²) >= 11 is 0. The molecule has 4 nitrogen and oxygen atoms in total. The van der Waals surface area contributed by atoms with Crippen LogP contribution in [0.3, 0.4) is 0 Å². The zero-order valence-corrected chi connectivity index (χ0v) is 13.1. The SMILES string of the molecule is Cc1cc2cccc(NC(=O)c3ccc4ccn(C)c4c3)c2[nH]1. The summed E-state index contributed by atoms with van der Waals surface area (Å²) in [6.07, 6.45) is 1.99. The average molecular weight is 303 g/mol. The molecule has 4 heteroatoms. The summed E-state index contributed by atoms with van der Waals surface area (Å²) in [7, 11) is 1.98. The molecule has 4 aromatic rings. The molecule has 2 N–H and O–H groups in total. The number of hydrogen-bond donors (Lipinski definition) is 2. The number of aromatic nitrogens is 2. The monoisotopic (exact) mass is 303 g/mol. The molecule has 0 fully saturated rings.